The highest BCUT2D eigenvalue weighted by Crippen LogP contribution is 2.16. The highest BCUT2D eigenvalue weighted by Gasteiger charge is 2.07. The molecule has 2 rings (SSSR count). The lowest BCUT2D eigenvalue weighted by molar-refractivity contribution is 0.708. The Morgan fingerprint density at radius 2 is 2.22 bits per heavy atom. The van der Waals surface area contributed by atoms with Crippen molar-refractivity contribution in [3.05, 3.63) is 51.2 Å². The molecule has 0 saturated carbocycles. The Hall–Kier alpha value is -1.88. The third-order valence-corrected chi connectivity index (χ3v) is 3.05. The van der Waals surface area contributed by atoms with Crippen molar-refractivity contribution < 1.29 is 0 Å². The molecule has 0 spiro atoms. The summed E-state index contributed by atoms with van der Waals surface area (Å²) in [5, 5.41) is 7.17. The van der Waals surface area contributed by atoms with Crippen molar-refractivity contribution >= 4 is 17.3 Å². The minimum absolute atomic E-state index is 0.152. The highest BCUT2D eigenvalue weighted by molar-refractivity contribution is 6.32. The molecule has 0 aliphatic rings. The van der Waals surface area contributed by atoms with Crippen LogP contribution in [0.4, 0.5) is 5.69 Å². The summed E-state index contributed by atoms with van der Waals surface area (Å²) in [6.07, 6.45) is 5.06. The average molecular weight is 265 g/mol. The van der Waals surface area contributed by atoms with Crippen LogP contribution in [0.1, 0.15) is 11.1 Å². The van der Waals surface area contributed by atoms with Crippen LogP contribution in [0.15, 0.2) is 29.5 Å². The molecule has 0 saturated heterocycles. The molecule has 0 atom stereocenters. The van der Waals surface area contributed by atoms with Gasteiger partial charge >= 0.3 is 0 Å². The summed E-state index contributed by atoms with van der Waals surface area (Å²) in [4.78, 5) is 15.6. The maximum Gasteiger partial charge on any atom is 0.287 e. The molecule has 0 aliphatic carbocycles. The first-order valence-electron chi connectivity index (χ1n) is 5.44. The maximum absolute atomic E-state index is 11.6. The van der Waals surface area contributed by atoms with E-state index in [2.05, 4.69) is 15.4 Å². The lowest BCUT2D eigenvalue weighted by atomic mass is 10.1. The SMILES string of the molecule is Cc1cnccc1CNc1cnn(C)c(=O)c1Cl. The second kappa shape index (κ2) is 5.18. The van der Waals surface area contributed by atoms with Gasteiger partial charge in [-0.25, -0.2) is 4.68 Å². The van der Waals surface area contributed by atoms with Gasteiger partial charge in [0, 0.05) is 26.0 Å². The predicted molar refractivity (Wildman–Crippen MR) is 70.8 cm³/mol. The molecule has 0 fully saturated rings. The van der Waals surface area contributed by atoms with Gasteiger partial charge in [-0.15, -0.1) is 0 Å². The van der Waals surface area contributed by atoms with E-state index in [4.69, 9.17) is 11.6 Å². The van der Waals surface area contributed by atoms with Crippen LogP contribution < -0.4 is 10.9 Å². The van der Waals surface area contributed by atoms with Crippen molar-refractivity contribution in [3.8, 4) is 0 Å². The Morgan fingerprint density at radius 3 is 2.94 bits per heavy atom. The molecule has 0 unspecified atom stereocenters. The normalized spacial score (nSPS) is 10.4. The number of aromatic nitrogens is 3. The lowest BCUT2D eigenvalue weighted by Crippen LogP contribution is -2.21. The number of halogens is 1. The topological polar surface area (TPSA) is 59.8 Å². The minimum atomic E-state index is -0.312. The summed E-state index contributed by atoms with van der Waals surface area (Å²) in [6, 6.07) is 1.92. The first kappa shape index (κ1) is 12.6. The van der Waals surface area contributed by atoms with E-state index in [-0.39, 0.29) is 10.6 Å². The molecule has 18 heavy (non-hydrogen) atoms. The van der Waals surface area contributed by atoms with Gasteiger partial charge in [-0.2, -0.15) is 5.10 Å². The van der Waals surface area contributed by atoms with Crippen molar-refractivity contribution in [1.29, 1.82) is 0 Å². The Labute approximate surface area is 109 Å². The molecule has 2 heterocycles. The summed E-state index contributed by atoms with van der Waals surface area (Å²) < 4.78 is 1.20. The van der Waals surface area contributed by atoms with Gasteiger partial charge in [-0.3, -0.25) is 9.78 Å². The van der Waals surface area contributed by atoms with Gasteiger partial charge in [0.1, 0.15) is 5.02 Å². The van der Waals surface area contributed by atoms with E-state index < -0.39 is 0 Å². The van der Waals surface area contributed by atoms with Gasteiger partial charge in [-0.1, -0.05) is 11.6 Å². The minimum Gasteiger partial charge on any atom is -0.378 e. The first-order valence-corrected chi connectivity index (χ1v) is 5.82. The summed E-state index contributed by atoms with van der Waals surface area (Å²) in [6.45, 7) is 2.55. The van der Waals surface area contributed by atoms with Crippen molar-refractivity contribution in [2.45, 2.75) is 13.5 Å². The van der Waals surface area contributed by atoms with Crippen LogP contribution in [0, 0.1) is 6.92 Å². The third kappa shape index (κ3) is 2.51. The van der Waals surface area contributed by atoms with Gasteiger partial charge < -0.3 is 5.32 Å². The van der Waals surface area contributed by atoms with Gasteiger partial charge in [0.2, 0.25) is 0 Å². The average Bonchev–Trinajstić information content (AvgIpc) is 2.37. The molecular weight excluding hydrogens is 252 g/mol. The van der Waals surface area contributed by atoms with Crippen LogP contribution in [0.25, 0.3) is 0 Å². The molecule has 0 amide bonds. The number of rotatable bonds is 3. The molecule has 0 aliphatic heterocycles. The summed E-state index contributed by atoms with van der Waals surface area (Å²) in [7, 11) is 1.56. The molecule has 2 aromatic heterocycles. The Bertz CT molecular complexity index is 624. The van der Waals surface area contributed by atoms with Gasteiger partial charge in [0.15, 0.2) is 0 Å². The summed E-state index contributed by atoms with van der Waals surface area (Å²) in [5.41, 5.74) is 2.41. The van der Waals surface area contributed by atoms with Gasteiger partial charge in [0.05, 0.1) is 11.9 Å². The summed E-state index contributed by atoms with van der Waals surface area (Å²) >= 11 is 5.96. The fourth-order valence-corrected chi connectivity index (χ4v) is 1.76. The molecule has 0 aromatic carbocycles. The van der Waals surface area contributed by atoms with Crippen molar-refractivity contribution in [1.82, 2.24) is 14.8 Å². The van der Waals surface area contributed by atoms with E-state index >= 15 is 0 Å². The Kier molecular flexibility index (Phi) is 3.62. The maximum atomic E-state index is 11.6. The molecule has 6 heteroatoms. The Balaban J connectivity index is 2.19. The van der Waals surface area contributed by atoms with Gasteiger partial charge in [0.25, 0.3) is 5.56 Å². The quantitative estimate of drug-likeness (QED) is 0.918. The van der Waals surface area contributed by atoms with Crippen LogP contribution in [-0.2, 0) is 13.6 Å². The monoisotopic (exact) mass is 264 g/mol. The highest BCUT2D eigenvalue weighted by atomic mass is 35.5. The second-order valence-corrected chi connectivity index (χ2v) is 4.33. The van der Waals surface area contributed by atoms with Crippen LogP contribution in [-0.4, -0.2) is 14.8 Å². The molecule has 5 nitrogen and oxygen atoms in total. The van der Waals surface area contributed by atoms with E-state index in [0.717, 1.165) is 11.1 Å². The van der Waals surface area contributed by atoms with Crippen LogP contribution in [0.3, 0.4) is 0 Å². The summed E-state index contributed by atoms with van der Waals surface area (Å²) in [5.74, 6) is 0. The van der Waals surface area contributed by atoms with Crippen molar-refractivity contribution in [2.75, 3.05) is 5.32 Å². The van der Waals surface area contributed by atoms with E-state index in [1.807, 2.05) is 13.0 Å². The first-order chi connectivity index (χ1) is 8.59. The number of nitrogens with zero attached hydrogens (tertiary/aromatic N) is 3. The third-order valence-electron chi connectivity index (χ3n) is 2.68. The fourth-order valence-electron chi connectivity index (χ4n) is 1.52. The zero-order valence-corrected chi connectivity index (χ0v) is 10.9. The zero-order chi connectivity index (χ0) is 13.1. The largest absolute Gasteiger partial charge is 0.378 e. The molecule has 0 radical (unpaired) electrons. The zero-order valence-electron chi connectivity index (χ0n) is 10.1. The van der Waals surface area contributed by atoms with Crippen molar-refractivity contribution in [2.24, 2.45) is 7.05 Å². The number of hydrogen-bond donors (Lipinski definition) is 1. The molecule has 0 bridgehead atoms. The second-order valence-electron chi connectivity index (χ2n) is 3.96. The molecule has 2 aromatic rings. The molecule has 94 valence electrons. The number of aryl methyl sites for hydroxylation is 2. The van der Waals surface area contributed by atoms with Crippen LogP contribution >= 0.6 is 11.6 Å². The molecular formula is C12H13ClN4O. The standard InChI is InChI=1S/C12H13ClN4O/c1-8-5-14-4-3-9(8)6-15-10-7-16-17(2)12(18)11(10)13/h3-5,7,15H,6H2,1-2H3. The van der Waals surface area contributed by atoms with E-state index in [0.29, 0.717) is 12.2 Å². The number of nitrogens with one attached hydrogen (secondary N) is 1. The van der Waals surface area contributed by atoms with E-state index in [1.54, 1.807) is 25.6 Å². The van der Waals surface area contributed by atoms with Crippen LogP contribution in [0.2, 0.25) is 5.02 Å². The van der Waals surface area contributed by atoms with E-state index in [1.165, 1.54) is 4.68 Å². The fraction of sp³-hybridized carbons (Fsp3) is 0.250. The predicted octanol–water partition coefficient (Wildman–Crippen LogP) is 1.75. The number of anilines is 1. The number of pyridine rings is 1. The lowest BCUT2D eigenvalue weighted by Gasteiger charge is -2.09. The Morgan fingerprint density at radius 1 is 1.44 bits per heavy atom. The molecule has 1 N–H and O–H groups in total. The van der Waals surface area contributed by atoms with Gasteiger partial charge in [-0.05, 0) is 24.1 Å². The smallest absolute Gasteiger partial charge is 0.287 e. The van der Waals surface area contributed by atoms with Crippen LogP contribution in [0.5, 0.6) is 0 Å². The number of hydrogen-bond acceptors (Lipinski definition) is 4. The van der Waals surface area contributed by atoms with Crippen molar-refractivity contribution in [3.63, 3.8) is 0 Å². The van der Waals surface area contributed by atoms with E-state index in [9.17, 15) is 4.79 Å².